The highest BCUT2D eigenvalue weighted by Crippen LogP contribution is 2.18. The molecule has 1 saturated heterocycles. The molecule has 1 aliphatic rings. The van der Waals surface area contributed by atoms with E-state index in [4.69, 9.17) is 0 Å². The first kappa shape index (κ1) is 21.7. The zero-order valence-corrected chi connectivity index (χ0v) is 19.0. The van der Waals surface area contributed by atoms with Gasteiger partial charge in [0.15, 0.2) is 14.8 Å². The molecule has 1 fully saturated rings. The fraction of sp³-hybridized carbons (Fsp3) is 0.381. The zero-order chi connectivity index (χ0) is 22.2. The van der Waals surface area contributed by atoms with E-state index in [1.807, 2.05) is 5.38 Å². The van der Waals surface area contributed by atoms with Crippen LogP contribution in [-0.4, -0.2) is 64.9 Å². The first-order valence-corrected chi connectivity index (χ1v) is 12.5. The standard InChI is InChI=1S/C21H24N4O4S2/c1-15(2)31(28,29)18-5-3-16(4-6-18)20(27)24-9-7-23(8-10-24)14-17-13-19(26)25-11-12-30-21(25)22-17/h3-6,11-13,15H,7-10,14H2,1-2H3. The summed E-state index contributed by atoms with van der Waals surface area (Å²) in [5, 5.41) is 1.33. The molecule has 8 nitrogen and oxygen atoms in total. The summed E-state index contributed by atoms with van der Waals surface area (Å²) in [6.45, 7) is 6.31. The van der Waals surface area contributed by atoms with Gasteiger partial charge in [0, 0.05) is 55.9 Å². The second kappa shape index (κ2) is 8.52. The molecule has 31 heavy (non-hydrogen) atoms. The number of benzene rings is 1. The number of carbonyl (C=O) groups is 1. The van der Waals surface area contributed by atoms with E-state index < -0.39 is 15.1 Å². The summed E-state index contributed by atoms with van der Waals surface area (Å²) in [5.74, 6) is -0.107. The van der Waals surface area contributed by atoms with Crippen LogP contribution in [0.1, 0.15) is 29.9 Å². The van der Waals surface area contributed by atoms with E-state index in [0.717, 1.165) is 5.69 Å². The Morgan fingerprint density at radius 1 is 1.13 bits per heavy atom. The summed E-state index contributed by atoms with van der Waals surface area (Å²) in [7, 11) is -3.35. The Morgan fingerprint density at radius 3 is 2.45 bits per heavy atom. The van der Waals surface area contributed by atoms with Crippen LogP contribution in [0.25, 0.3) is 4.96 Å². The number of nitrogens with zero attached hydrogens (tertiary/aromatic N) is 4. The molecule has 4 rings (SSSR count). The van der Waals surface area contributed by atoms with Gasteiger partial charge in [-0.25, -0.2) is 13.4 Å². The van der Waals surface area contributed by atoms with E-state index >= 15 is 0 Å². The number of hydrogen-bond acceptors (Lipinski definition) is 7. The van der Waals surface area contributed by atoms with E-state index in [1.165, 1.54) is 27.9 Å². The summed E-state index contributed by atoms with van der Waals surface area (Å²) < 4.78 is 26.0. The molecule has 10 heteroatoms. The highest BCUT2D eigenvalue weighted by atomic mass is 32.2. The Kier molecular flexibility index (Phi) is 5.96. The Balaban J connectivity index is 1.38. The van der Waals surface area contributed by atoms with Crippen molar-refractivity contribution < 1.29 is 13.2 Å². The van der Waals surface area contributed by atoms with Gasteiger partial charge in [-0.05, 0) is 38.1 Å². The molecule has 1 aromatic carbocycles. The van der Waals surface area contributed by atoms with Crippen molar-refractivity contribution in [2.24, 2.45) is 0 Å². The number of amides is 1. The fourth-order valence-corrected chi connectivity index (χ4v) is 5.35. The highest BCUT2D eigenvalue weighted by molar-refractivity contribution is 7.92. The van der Waals surface area contributed by atoms with Crippen LogP contribution in [0.2, 0.25) is 0 Å². The van der Waals surface area contributed by atoms with Crippen LogP contribution in [0, 0.1) is 0 Å². The number of aromatic nitrogens is 2. The van der Waals surface area contributed by atoms with Crippen LogP contribution in [0.15, 0.2) is 51.6 Å². The van der Waals surface area contributed by atoms with E-state index in [0.29, 0.717) is 43.2 Å². The molecule has 0 spiro atoms. The molecule has 1 aliphatic heterocycles. The molecular formula is C21H24N4O4S2. The van der Waals surface area contributed by atoms with Crippen molar-refractivity contribution in [1.82, 2.24) is 19.2 Å². The number of rotatable bonds is 5. The number of carbonyl (C=O) groups excluding carboxylic acids is 1. The van der Waals surface area contributed by atoms with Gasteiger partial charge >= 0.3 is 0 Å². The van der Waals surface area contributed by atoms with Crippen molar-refractivity contribution >= 4 is 32.0 Å². The number of piperazine rings is 1. The maximum atomic E-state index is 12.8. The van der Waals surface area contributed by atoms with Crippen molar-refractivity contribution in [3.05, 3.63) is 63.5 Å². The molecule has 0 atom stereocenters. The molecule has 1 amide bonds. The number of hydrogen-bond donors (Lipinski definition) is 0. The van der Waals surface area contributed by atoms with Crippen LogP contribution < -0.4 is 5.56 Å². The van der Waals surface area contributed by atoms with Crippen LogP contribution in [-0.2, 0) is 16.4 Å². The van der Waals surface area contributed by atoms with Gasteiger partial charge in [-0.1, -0.05) is 0 Å². The first-order chi connectivity index (χ1) is 14.8. The molecule has 3 aromatic rings. The summed E-state index contributed by atoms with van der Waals surface area (Å²) in [5.41, 5.74) is 1.13. The first-order valence-electron chi connectivity index (χ1n) is 10.1. The molecular weight excluding hydrogens is 436 g/mol. The maximum Gasteiger partial charge on any atom is 0.258 e. The van der Waals surface area contributed by atoms with Gasteiger partial charge in [-0.2, -0.15) is 0 Å². The lowest BCUT2D eigenvalue weighted by Gasteiger charge is -2.34. The van der Waals surface area contributed by atoms with Crippen LogP contribution in [0.5, 0.6) is 0 Å². The Labute approximate surface area is 184 Å². The molecule has 3 heterocycles. The van der Waals surface area contributed by atoms with Gasteiger partial charge in [0.05, 0.1) is 15.8 Å². The highest BCUT2D eigenvalue weighted by Gasteiger charge is 2.24. The third kappa shape index (κ3) is 4.41. The number of sulfone groups is 1. The maximum absolute atomic E-state index is 12.8. The summed E-state index contributed by atoms with van der Waals surface area (Å²) in [6.07, 6.45) is 1.72. The molecule has 164 valence electrons. The van der Waals surface area contributed by atoms with Gasteiger partial charge in [-0.15, -0.1) is 11.3 Å². The van der Waals surface area contributed by atoms with E-state index in [-0.39, 0.29) is 16.4 Å². The number of thiazole rings is 1. The van der Waals surface area contributed by atoms with E-state index in [1.54, 1.807) is 43.1 Å². The van der Waals surface area contributed by atoms with Gasteiger partial charge < -0.3 is 4.90 Å². The van der Waals surface area contributed by atoms with Crippen LogP contribution in [0.3, 0.4) is 0 Å². The van der Waals surface area contributed by atoms with Crippen LogP contribution in [0.4, 0.5) is 0 Å². The molecule has 0 radical (unpaired) electrons. The third-order valence-electron chi connectivity index (χ3n) is 5.45. The Bertz CT molecular complexity index is 1250. The second-order valence-electron chi connectivity index (χ2n) is 7.83. The Hall–Kier alpha value is -2.56. The second-order valence-corrected chi connectivity index (χ2v) is 11.2. The van der Waals surface area contributed by atoms with Crippen molar-refractivity contribution in [3.8, 4) is 0 Å². The van der Waals surface area contributed by atoms with Crippen molar-refractivity contribution in [1.29, 1.82) is 0 Å². The van der Waals surface area contributed by atoms with E-state index in [9.17, 15) is 18.0 Å². The lowest BCUT2D eigenvalue weighted by atomic mass is 10.2. The number of fused-ring (bicyclic) bond motifs is 1. The Morgan fingerprint density at radius 2 is 1.81 bits per heavy atom. The van der Waals surface area contributed by atoms with Crippen molar-refractivity contribution in [2.75, 3.05) is 26.2 Å². The minimum Gasteiger partial charge on any atom is -0.336 e. The van der Waals surface area contributed by atoms with Gasteiger partial charge in [0.25, 0.3) is 11.5 Å². The molecule has 2 aromatic heterocycles. The quantitative estimate of drug-likeness (QED) is 0.578. The van der Waals surface area contributed by atoms with Gasteiger partial charge in [0.1, 0.15) is 0 Å². The molecule has 0 saturated carbocycles. The summed E-state index contributed by atoms with van der Waals surface area (Å²) in [6, 6.07) is 7.73. The van der Waals surface area contributed by atoms with Gasteiger partial charge in [-0.3, -0.25) is 18.9 Å². The fourth-order valence-electron chi connectivity index (χ4n) is 3.55. The average Bonchev–Trinajstić information content (AvgIpc) is 3.23. The lowest BCUT2D eigenvalue weighted by molar-refractivity contribution is 0.0627. The summed E-state index contributed by atoms with van der Waals surface area (Å²) >= 11 is 1.43. The van der Waals surface area contributed by atoms with E-state index in [2.05, 4.69) is 9.88 Å². The predicted molar refractivity (Wildman–Crippen MR) is 119 cm³/mol. The molecule has 0 bridgehead atoms. The SMILES string of the molecule is CC(C)S(=O)(=O)c1ccc(C(=O)N2CCN(Cc3cc(=O)n4ccsc4n3)CC2)cc1. The van der Waals surface area contributed by atoms with Crippen LogP contribution >= 0.6 is 11.3 Å². The zero-order valence-electron chi connectivity index (χ0n) is 17.4. The third-order valence-corrected chi connectivity index (χ3v) is 8.38. The summed E-state index contributed by atoms with van der Waals surface area (Å²) in [4.78, 5) is 34.4. The molecule has 0 unspecified atom stereocenters. The normalized spacial score (nSPS) is 15.6. The largest absolute Gasteiger partial charge is 0.336 e. The van der Waals surface area contributed by atoms with Gasteiger partial charge in [0.2, 0.25) is 0 Å². The molecule has 0 N–H and O–H groups in total. The molecule has 0 aliphatic carbocycles. The predicted octanol–water partition coefficient (Wildman–Crippen LogP) is 1.90. The lowest BCUT2D eigenvalue weighted by Crippen LogP contribution is -2.48. The topological polar surface area (TPSA) is 92.1 Å². The smallest absolute Gasteiger partial charge is 0.258 e. The van der Waals surface area contributed by atoms with Crippen molar-refractivity contribution in [2.45, 2.75) is 30.5 Å². The average molecular weight is 461 g/mol. The minimum absolute atomic E-state index is 0.0852. The van der Waals surface area contributed by atoms with Crippen molar-refractivity contribution in [3.63, 3.8) is 0 Å². The minimum atomic E-state index is -3.35. The monoisotopic (exact) mass is 460 g/mol.